The maximum atomic E-state index is 5.78. The van der Waals surface area contributed by atoms with E-state index >= 15 is 0 Å². The zero-order valence-electron chi connectivity index (χ0n) is 11.7. The van der Waals surface area contributed by atoms with Gasteiger partial charge in [0.25, 0.3) is 0 Å². The van der Waals surface area contributed by atoms with Crippen molar-refractivity contribution in [2.75, 3.05) is 6.61 Å². The molecular weight excluding hydrogens is 316 g/mol. The van der Waals surface area contributed by atoms with Crippen LogP contribution in [0.4, 0.5) is 0 Å². The number of ether oxygens (including phenoxy) is 1. The predicted octanol–water partition coefficient (Wildman–Crippen LogP) is 3.71. The molecule has 20 heavy (non-hydrogen) atoms. The number of rotatable bonds is 5. The van der Waals surface area contributed by atoms with Crippen LogP contribution < -0.4 is 16.0 Å². The van der Waals surface area contributed by atoms with E-state index in [1.165, 1.54) is 5.56 Å². The van der Waals surface area contributed by atoms with Gasteiger partial charge in [0.1, 0.15) is 5.75 Å². The summed E-state index contributed by atoms with van der Waals surface area (Å²) in [7, 11) is 0. The van der Waals surface area contributed by atoms with Gasteiger partial charge in [0, 0.05) is 10.0 Å². The second kappa shape index (κ2) is 6.88. The molecular formula is C16H19BrN2O. The summed E-state index contributed by atoms with van der Waals surface area (Å²) in [4.78, 5) is 0. The van der Waals surface area contributed by atoms with Crippen LogP contribution in [0.2, 0.25) is 0 Å². The molecule has 1 atom stereocenters. The lowest BCUT2D eigenvalue weighted by atomic mass is 9.97. The lowest BCUT2D eigenvalue weighted by molar-refractivity contribution is 0.333. The molecule has 0 radical (unpaired) electrons. The van der Waals surface area contributed by atoms with Gasteiger partial charge in [-0.3, -0.25) is 5.84 Å². The van der Waals surface area contributed by atoms with Crippen molar-refractivity contribution in [2.24, 2.45) is 5.84 Å². The van der Waals surface area contributed by atoms with Crippen molar-refractivity contribution in [1.82, 2.24) is 5.43 Å². The third-order valence-corrected chi connectivity index (χ3v) is 3.55. The van der Waals surface area contributed by atoms with Crippen LogP contribution in [0.15, 0.2) is 46.9 Å². The number of benzene rings is 2. The van der Waals surface area contributed by atoms with Crippen molar-refractivity contribution in [3.8, 4) is 5.75 Å². The van der Waals surface area contributed by atoms with Gasteiger partial charge in [-0.15, -0.1) is 0 Å². The Balaban J connectivity index is 2.46. The molecule has 1 unspecified atom stereocenters. The molecule has 0 amide bonds. The number of nitrogens with two attached hydrogens (primary N) is 1. The minimum Gasteiger partial charge on any atom is -0.494 e. The monoisotopic (exact) mass is 334 g/mol. The fourth-order valence-electron chi connectivity index (χ4n) is 2.30. The summed E-state index contributed by atoms with van der Waals surface area (Å²) >= 11 is 3.53. The van der Waals surface area contributed by atoms with Gasteiger partial charge < -0.3 is 4.74 Å². The molecule has 0 aliphatic heterocycles. The smallest absolute Gasteiger partial charge is 0.124 e. The van der Waals surface area contributed by atoms with E-state index in [9.17, 15) is 0 Å². The summed E-state index contributed by atoms with van der Waals surface area (Å²) in [5.74, 6) is 6.64. The fourth-order valence-corrected chi connectivity index (χ4v) is 2.93. The Morgan fingerprint density at radius 3 is 2.65 bits per heavy atom. The largest absolute Gasteiger partial charge is 0.494 e. The van der Waals surface area contributed by atoms with Crippen LogP contribution in [-0.4, -0.2) is 6.61 Å². The summed E-state index contributed by atoms with van der Waals surface area (Å²) in [6, 6.07) is 14.1. The Morgan fingerprint density at radius 2 is 2.00 bits per heavy atom. The normalized spacial score (nSPS) is 12.2. The van der Waals surface area contributed by atoms with Crippen molar-refractivity contribution >= 4 is 15.9 Å². The molecule has 2 aromatic rings. The van der Waals surface area contributed by atoms with Gasteiger partial charge in [-0.25, -0.2) is 5.43 Å². The van der Waals surface area contributed by atoms with Gasteiger partial charge in [0.05, 0.1) is 12.6 Å². The minimum absolute atomic E-state index is 0.103. The molecule has 0 fully saturated rings. The molecule has 0 saturated carbocycles. The SMILES string of the molecule is CCOc1ccccc1C(NN)c1cc(C)cc(Br)c1. The first-order chi connectivity index (χ1) is 9.65. The minimum atomic E-state index is -0.103. The van der Waals surface area contributed by atoms with Crippen LogP contribution in [0.25, 0.3) is 0 Å². The average molecular weight is 335 g/mol. The lowest BCUT2D eigenvalue weighted by Gasteiger charge is -2.20. The molecule has 0 saturated heterocycles. The second-order valence-electron chi connectivity index (χ2n) is 4.63. The Labute approximate surface area is 128 Å². The second-order valence-corrected chi connectivity index (χ2v) is 5.55. The highest BCUT2D eigenvalue weighted by Gasteiger charge is 2.17. The third-order valence-electron chi connectivity index (χ3n) is 3.09. The zero-order valence-corrected chi connectivity index (χ0v) is 13.3. The molecule has 0 heterocycles. The number of halogens is 1. The van der Waals surface area contributed by atoms with Gasteiger partial charge in [-0.2, -0.15) is 0 Å². The Morgan fingerprint density at radius 1 is 1.25 bits per heavy atom. The van der Waals surface area contributed by atoms with E-state index in [1.54, 1.807) is 0 Å². The van der Waals surface area contributed by atoms with E-state index in [-0.39, 0.29) is 6.04 Å². The van der Waals surface area contributed by atoms with Crippen molar-refractivity contribution in [3.05, 3.63) is 63.6 Å². The molecule has 0 aromatic heterocycles. The summed E-state index contributed by atoms with van der Waals surface area (Å²) in [6.07, 6.45) is 0. The number of hydrogen-bond acceptors (Lipinski definition) is 3. The predicted molar refractivity (Wildman–Crippen MR) is 85.7 cm³/mol. The molecule has 0 bridgehead atoms. The first kappa shape index (κ1) is 15.0. The average Bonchev–Trinajstić information content (AvgIpc) is 2.41. The number of aryl methyl sites for hydroxylation is 1. The molecule has 3 N–H and O–H groups in total. The highest BCUT2D eigenvalue weighted by atomic mass is 79.9. The van der Waals surface area contributed by atoms with E-state index in [0.29, 0.717) is 6.61 Å². The summed E-state index contributed by atoms with van der Waals surface area (Å²) < 4.78 is 6.74. The summed E-state index contributed by atoms with van der Waals surface area (Å²) in [6.45, 7) is 4.67. The Bertz CT molecular complexity index is 566. The molecule has 4 heteroatoms. The maximum absolute atomic E-state index is 5.78. The number of hydrazine groups is 1. The number of nitrogens with one attached hydrogen (secondary N) is 1. The van der Waals surface area contributed by atoms with Crippen LogP contribution >= 0.6 is 15.9 Å². The Hall–Kier alpha value is -1.36. The number of para-hydroxylation sites is 1. The highest BCUT2D eigenvalue weighted by Crippen LogP contribution is 2.31. The molecule has 0 aliphatic rings. The molecule has 2 rings (SSSR count). The van der Waals surface area contributed by atoms with E-state index in [2.05, 4.69) is 46.5 Å². The summed E-state index contributed by atoms with van der Waals surface area (Å²) in [5, 5.41) is 0. The zero-order chi connectivity index (χ0) is 14.5. The van der Waals surface area contributed by atoms with Gasteiger partial charge in [0.15, 0.2) is 0 Å². The quantitative estimate of drug-likeness (QED) is 0.647. The van der Waals surface area contributed by atoms with Crippen molar-refractivity contribution in [1.29, 1.82) is 0 Å². The van der Waals surface area contributed by atoms with Crippen molar-refractivity contribution in [2.45, 2.75) is 19.9 Å². The van der Waals surface area contributed by atoms with E-state index < -0.39 is 0 Å². The Kier molecular flexibility index (Phi) is 5.17. The van der Waals surface area contributed by atoms with Gasteiger partial charge in [0.2, 0.25) is 0 Å². The third kappa shape index (κ3) is 3.39. The van der Waals surface area contributed by atoms with Gasteiger partial charge in [-0.1, -0.05) is 40.2 Å². The lowest BCUT2D eigenvalue weighted by Crippen LogP contribution is -2.29. The van der Waals surface area contributed by atoms with Crippen molar-refractivity contribution < 1.29 is 4.74 Å². The molecule has 0 aliphatic carbocycles. The van der Waals surface area contributed by atoms with E-state index in [4.69, 9.17) is 10.6 Å². The van der Waals surface area contributed by atoms with Crippen LogP contribution in [0.3, 0.4) is 0 Å². The van der Waals surface area contributed by atoms with Crippen LogP contribution in [0.1, 0.15) is 29.7 Å². The molecule has 3 nitrogen and oxygen atoms in total. The number of hydrogen-bond donors (Lipinski definition) is 2. The van der Waals surface area contributed by atoms with Crippen LogP contribution in [0.5, 0.6) is 5.75 Å². The highest BCUT2D eigenvalue weighted by molar-refractivity contribution is 9.10. The van der Waals surface area contributed by atoms with Crippen LogP contribution in [-0.2, 0) is 0 Å². The topological polar surface area (TPSA) is 47.3 Å². The molecule has 0 spiro atoms. The van der Waals surface area contributed by atoms with E-state index in [1.807, 2.05) is 31.2 Å². The van der Waals surface area contributed by atoms with E-state index in [0.717, 1.165) is 21.3 Å². The first-order valence-electron chi connectivity index (χ1n) is 6.60. The van der Waals surface area contributed by atoms with Gasteiger partial charge >= 0.3 is 0 Å². The standard InChI is InChI=1S/C16H19BrN2O/c1-3-20-15-7-5-4-6-14(15)16(19-18)12-8-11(2)9-13(17)10-12/h4-10,16,19H,3,18H2,1-2H3. The van der Waals surface area contributed by atoms with Crippen LogP contribution in [0, 0.1) is 6.92 Å². The first-order valence-corrected chi connectivity index (χ1v) is 7.40. The van der Waals surface area contributed by atoms with Crippen molar-refractivity contribution in [3.63, 3.8) is 0 Å². The fraction of sp³-hybridized carbons (Fsp3) is 0.250. The molecule has 106 valence electrons. The molecule has 2 aromatic carbocycles. The maximum Gasteiger partial charge on any atom is 0.124 e. The summed E-state index contributed by atoms with van der Waals surface area (Å²) in [5.41, 5.74) is 6.21. The van der Waals surface area contributed by atoms with Gasteiger partial charge in [-0.05, 0) is 43.2 Å².